The Balaban J connectivity index is 1.30. The summed E-state index contributed by atoms with van der Waals surface area (Å²) in [5, 5.41) is 28.8. The molecule has 6 aliphatic rings. The molecule has 8 rings (SSSR count). The molecular formula is C40H49F3N2O4S. The highest BCUT2D eigenvalue weighted by Gasteiger charge is 2.74. The number of urea groups is 1. The van der Waals surface area contributed by atoms with Crippen molar-refractivity contribution in [2.75, 3.05) is 13.1 Å². The molecule has 8 atom stereocenters. The summed E-state index contributed by atoms with van der Waals surface area (Å²) in [6, 6.07) is 8.43. The molecule has 3 saturated carbocycles. The molecule has 6 nitrogen and oxygen atoms in total. The van der Waals surface area contributed by atoms with Gasteiger partial charge in [-0.1, -0.05) is 50.3 Å². The van der Waals surface area contributed by atoms with Crippen molar-refractivity contribution < 1.29 is 33.0 Å². The van der Waals surface area contributed by atoms with E-state index in [1.54, 1.807) is 16.2 Å². The molecule has 3 fully saturated rings. The Hall–Kier alpha value is -2.95. The first-order valence-electron chi connectivity index (χ1n) is 18.1. The molecule has 8 unspecified atom stereocenters. The Bertz CT molecular complexity index is 1720. The van der Waals surface area contributed by atoms with Crippen molar-refractivity contribution >= 4 is 23.2 Å². The lowest BCUT2D eigenvalue weighted by molar-refractivity contribution is -0.174. The minimum atomic E-state index is -4.59. The second-order valence-electron chi connectivity index (χ2n) is 16.6. The second-order valence-corrected chi connectivity index (χ2v) is 17.6. The number of thiophene rings is 1. The second kappa shape index (κ2) is 12.1. The van der Waals surface area contributed by atoms with Crippen LogP contribution in [0.15, 0.2) is 65.6 Å². The topological polar surface area (TPSA) is 89.9 Å². The number of benzene rings is 1. The number of carbonyl (C=O) groups excluding carboxylic acids is 2. The zero-order chi connectivity index (χ0) is 35.9. The van der Waals surface area contributed by atoms with Gasteiger partial charge in [-0.25, -0.2) is 4.79 Å². The van der Waals surface area contributed by atoms with Crippen molar-refractivity contribution in [3.63, 3.8) is 0 Å². The number of nitrogens with zero attached hydrogens (tertiary/aromatic N) is 1. The molecule has 2 spiro atoms. The number of hydrogen-bond acceptors (Lipinski definition) is 5. The molecule has 6 aliphatic carbocycles. The van der Waals surface area contributed by atoms with Gasteiger partial charge in [-0.3, -0.25) is 4.79 Å². The van der Waals surface area contributed by atoms with Crippen LogP contribution in [0.4, 0.5) is 18.0 Å². The number of carbonyl (C=O) groups is 2. The molecule has 10 heteroatoms. The number of Topliss-reactive ketones (excluding diaryl/α,β-unsaturated/α-hetero) is 1. The number of nitrogens with one attached hydrogen (secondary N) is 1. The molecule has 1 heterocycles. The summed E-state index contributed by atoms with van der Waals surface area (Å²) in [6.45, 7) is 8.79. The minimum absolute atomic E-state index is 0.000236. The van der Waals surface area contributed by atoms with E-state index in [0.717, 1.165) is 23.4 Å². The van der Waals surface area contributed by atoms with Gasteiger partial charge in [-0.2, -0.15) is 13.2 Å². The fraction of sp³-hybridized carbons (Fsp3) is 0.600. The highest BCUT2D eigenvalue weighted by molar-refractivity contribution is 7.09. The summed E-state index contributed by atoms with van der Waals surface area (Å²) < 4.78 is 41.6. The number of allylic oxidation sites excluding steroid dienone is 4. The number of aliphatic hydroxyl groups is 2. The zero-order valence-corrected chi connectivity index (χ0v) is 30.2. The zero-order valence-electron chi connectivity index (χ0n) is 29.4. The van der Waals surface area contributed by atoms with Crippen LogP contribution >= 0.6 is 11.3 Å². The molecule has 2 bridgehead atoms. The third-order valence-corrected chi connectivity index (χ3v) is 14.7. The minimum Gasteiger partial charge on any atom is -0.393 e. The van der Waals surface area contributed by atoms with Crippen LogP contribution in [-0.4, -0.2) is 57.8 Å². The van der Waals surface area contributed by atoms with E-state index >= 15 is 0 Å². The predicted octanol–water partition coefficient (Wildman–Crippen LogP) is 8.20. The first-order valence-corrected chi connectivity index (χ1v) is 19.0. The van der Waals surface area contributed by atoms with Crippen molar-refractivity contribution in [3.8, 4) is 0 Å². The van der Waals surface area contributed by atoms with Crippen LogP contribution in [0.25, 0.3) is 0 Å². The van der Waals surface area contributed by atoms with Gasteiger partial charge in [0.2, 0.25) is 0 Å². The quantitative estimate of drug-likeness (QED) is 0.190. The summed E-state index contributed by atoms with van der Waals surface area (Å²) >= 11 is 1.64. The van der Waals surface area contributed by atoms with E-state index in [2.05, 4.69) is 31.3 Å². The fourth-order valence-corrected chi connectivity index (χ4v) is 11.9. The molecular weight excluding hydrogens is 662 g/mol. The third kappa shape index (κ3) is 5.25. The largest absolute Gasteiger partial charge is 0.416 e. The Kier molecular flexibility index (Phi) is 8.55. The highest BCUT2D eigenvalue weighted by Crippen LogP contribution is 2.78. The third-order valence-electron chi connectivity index (χ3n) is 13.8. The molecule has 2 amide bonds. The number of fused-ring (bicyclic) bond motifs is 1. The number of ketones is 1. The Labute approximate surface area is 296 Å². The lowest BCUT2D eigenvalue weighted by Crippen LogP contribution is -2.67. The predicted molar refractivity (Wildman–Crippen MR) is 188 cm³/mol. The summed E-state index contributed by atoms with van der Waals surface area (Å²) in [7, 11) is 0. The molecule has 1 aromatic carbocycles. The lowest BCUT2D eigenvalue weighted by atomic mass is 9.32. The highest BCUT2D eigenvalue weighted by atomic mass is 32.1. The number of amides is 2. The van der Waals surface area contributed by atoms with Gasteiger partial charge in [-0.15, -0.1) is 11.3 Å². The van der Waals surface area contributed by atoms with E-state index in [0.29, 0.717) is 57.1 Å². The molecule has 3 N–H and O–H groups in total. The van der Waals surface area contributed by atoms with E-state index in [9.17, 15) is 33.0 Å². The Morgan fingerprint density at radius 3 is 2.44 bits per heavy atom. The summed E-state index contributed by atoms with van der Waals surface area (Å²) in [5.41, 5.74) is -3.99. The van der Waals surface area contributed by atoms with Crippen molar-refractivity contribution in [1.82, 2.24) is 10.2 Å². The normalized spacial score (nSPS) is 37.2. The average Bonchev–Trinajstić information content (AvgIpc) is 3.67. The van der Waals surface area contributed by atoms with Crippen molar-refractivity contribution in [2.24, 2.45) is 33.5 Å². The van der Waals surface area contributed by atoms with Gasteiger partial charge in [0.05, 0.1) is 23.8 Å². The SMILES string of the molecule is CC(C)NC(=O)N(CCc1cccs1)CC1(O)CCC2C34C=CC5(C=C3C(=O)c3cccc(C(F)(F)F)c3)CC(O)CCC5(C)C4CCC21C. The van der Waals surface area contributed by atoms with Gasteiger partial charge in [0.1, 0.15) is 0 Å². The van der Waals surface area contributed by atoms with Gasteiger partial charge in [0.25, 0.3) is 0 Å². The number of halogens is 3. The molecule has 50 heavy (non-hydrogen) atoms. The van der Waals surface area contributed by atoms with Crippen LogP contribution in [0.2, 0.25) is 0 Å². The van der Waals surface area contributed by atoms with E-state index in [-0.39, 0.29) is 41.4 Å². The number of hydrogen-bond donors (Lipinski definition) is 3. The average molecular weight is 711 g/mol. The Morgan fingerprint density at radius 2 is 1.74 bits per heavy atom. The maximum atomic E-state index is 14.7. The first-order chi connectivity index (χ1) is 23.5. The van der Waals surface area contributed by atoms with Crippen LogP contribution < -0.4 is 5.32 Å². The number of aliphatic hydroxyl groups excluding tert-OH is 1. The maximum absolute atomic E-state index is 14.7. The van der Waals surface area contributed by atoms with Gasteiger partial charge in [0.15, 0.2) is 5.78 Å². The standard InChI is InChI=1S/C40H49F3N2O4S/c1-25(2)44-34(48)45(19-13-29-9-6-20-50-29)24-38(49)16-12-32-36(38,4)15-11-31-35(3)14-10-28(46)22-37(35)17-18-39(31,32)30(23-37)33(47)26-7-5-8-27(21-26)40(41,42)43/h5-9,17-18,20-21,23,25,28,31-32,46,49H,10-16,19,22,24H2,1-4H3,(H,44,48). The van der Waals surface area contributed by atoms with Crippen LogP contribution in [0, 0.1) is 33.5 Å². The van der Waals surface area contributed by atoms with Crippen LogP contribution in [-0.2, 0) is 12.6 Å². The van der Waals surface area contributed by atoms with Crippen molar-refractivity contribution in [1.29, 1.82) is 0 Å². The lowest BCUT2D eigenvalue weighted by Gasteiger charge is -2.71. The van der Waals surface area contributed by atoms with E-state index in [1.807, 2.05) is 37.4 Å². The smallest absolute Gasteiger partial charge is 0.393 e. The molecule has 0 radical (unpaired) electrons. The van der Waals surface area contributed by atoms with E-state index < -0.39 is 45.5 Å². The van der Waals surface area contributed by atoms with Crippen molar-refractivity contribution in [2.45, 2.75) is 103 Å². The Morgan fingerprint density at radius 1 is 1.02 bits per heavy atom. The molecule has 270 valence electrons. The van der Waals surface area contributed by atoms with E-state index in [1.165, 1.54) is 12.1 Å². The van der Waals surface area contributed by atoms with Crippen LogP contribution in [0.5, 0.6) is 0 Å². The molecule has 2 aromatic rings. The monoisotopic (exact) mass is 710 g/mol. The van der Waals surface area contributed by atoms with Gasteiger partial charge >= 0.3 is 12.2 Å². The van der Waals surface area contributed by atoms with Gasteiger partial charge in [-0.05, 0) is 106 Å². The van der Waals surface area contributed by atoms with Gasteiger partial charge in [0, 0.05) is 44.8 Å². The van der Waals surface area contributed by atoms with Gasteiger partial charge < -0.3 is 20.4 Å². The molecule has 1 aromatic heterocycles. The van der Waals surface area contributed by atoms with Crippen LogP contribution in [0.3, 0.4) is 0 Å². The molecule has 0 saturated heterocycles. The van der Waals surface area contributed by atoms with Crippen molar-refractivity contribution in [3.05, 3.63) is 81.6 Å². The van der Waals surface area contributed by atoms with Crippen LogP contribution in [0.1, 0.15) is 93.4 Å². The first kappa shape index (κ1) is 35.5. The summed E-state index contributed by atoms with van der Waals surface area (Å²) in [4.78, 5) is 31.3. The summed E-state index contributed by atoms with van der Waals surface area (Å²) in [5.74, 6) is -0.604. The molecule has 0 aliphatic heterocycles. The summed E-state index contributed by atoms with van der Waals surface area (Å²) in [6.07, 6.45) is 6.23. The number of alkyl halides is 3. The number of rotatable bonds is 8. The fourth-order valence-electron chi connectivity index (χ4n) is 11.2. The maximum Gasteiger partial charge on any atom is 0.416 e. The van der Waals surface area contributed by atoms with E-state index in [4.69, 9.17) is 0 Å².